The van der Waals surface area contributed by atoms with E-state index in [4.69, 9.17) is 4.79 Å². The number of hydrogen-bond acceptors (Lipinski definition) is 3. The molecule has 0 amide bonds. The predicted octanol–water partition coefficient (Wildman–Crippen LogP) is 1.94. The molecule has 3 rings (SSSR count). The van der Waals surface area contributed by atoms with Gasteiger partial charge in [0.15, 0.2) is 0 Å². The molecule has 3 aromatic rings. The van der Waals surface area contributed by atoms with E-state index in [-0.39, 0.29) is 5.69 Å². The molecule has 0 saturated carbocycles. The van der Waals surface area contributed by atoms with Gasteiger partial charge in [-0.1, -0.05) is 18.2 Å². The number of benzene rings is 1. The van der Waals surface area contributed by atoms with Crippen molar-refractivity contribution in [1.82, 2.24) is 15.0 Å². The first-order valence-corrected chi connectivity index (χ1v) is 5.44. The van der Waals surface area contributed by atoms with Crippen molar-refractivity contribution >= 4 is 16.8 Å². The van der Waals surface area contributed by atoms with Gasteiger partial charge in [-0.15, -0.1) is 0 Å². The summed E-state index contributed by atoms with van der Waals surface area (Å²) in [5.41, 5.74) is 0.524. The maximum Gasteiger partial charge on any atom is 0.345 e. The Bertz CT molecular complexity index is 664. The molecule has 5 nitrogen and oxygen atoms in total. The molecule has 0 aliphatic carbocycles. The zero-order valence-corrected chi connectivity index (χ0v) is 10.2. The van der Waals surface area contributed by atoms with Crippen LogP contribution in [0.2, 0.25) is 0 Å². The van der Waals surface area contributed by atoms with Gasteiger partial charge in [0.05, 0.1) is 5.52 Å². The van der Waals surface area contributed by atoms with E-state index in [1.165, 1.54) is 5.94 Å². The van der Waals surface area contributed by atoms with Crippen LogP contribution >= 0.6 is 0 Å². The standard InChI is InChI=1S/C8H6N2O.C4H5N.C2H2O/c11-8-9-5-6-3-1-2-4-7(6)10-8;1-2-4-5-3-1;1-2-3/h1-5H,(H,9,10,11);1-5H;1H2. The number of rotatable bonds is 0. The fourth-order valence-corrected chi connectivity index (χ4v) is 1.28. The summed E-state index contributed by atoms with van der Waals surface area (Å²) in [7, 11) is 0. The zero-order valence-electron chi connectivity index (χ0n) is 10.2. The van der Waals surface area contributed by atoms with E-state index in [1.807, 2.05) is 48.8 Å². The molecule has 0 aliphatic heterocycles. The predicted molar refractivity (Wildman–Crippen MR) is 74.5 cm³/mol. The minimum atomic E-state index is -0.302. The van der Waals surface area contributed by atoms with E-state index >= 15 is 0 Å². The second kappa shape index (κ2) is 8.22. The Kier molecular flexibility index (Phi) is 6.12. The van der Waals surface area contributed by atoms with E-state index in [0.29, 0.717) is 0 Å². The van der Waals surface area contributed by atoms with Gasteiger partial charge in [-0.25, -0.2) is 14.6 Å². The fraction of sp³-hybridized carbons (Fsp3) is 0. The first-order chi connectivity index (χ1) is 9.27. The smallest absolute Gasteiger partial charge is 0.345 e. The largest absolute Gasteiger partial charge is 0.368 e. The topological polar surface area (TPSA) is 78.6 Å². The number of nitrogens with zero attached hydrogens (tertiary/aromatic N) is 1. The third-order valence-electron chi connectivity index (χ3n) is 2.02. The van der Waals surface area contributed by atoms with Crippen molar-refractivity contribution in [2.45, 2.75) is 0 Å². The van der Waals surface area contributed by atoms with Crippen molar-refractivity contribution in [3.63, 3.8) is 0 Å². The number of fused-ring (bicyclic) bond motifs is 1. The molecular formula is C14H13N3O2. The van der Waals surface area contributed by atoms with Crippen LogP contribution in [0.5, 0.6) is 0 Å². The Labute approximate surface area is 109 Å². The van der Waals surface area contributed by atoms with Crippen LogP contribution in [-0.4, -0.2) is 20.9 Å². The molecule has 5 heteroatoms. The highest BCUT2D eigenvalue weighted by Gasteiger charge is 1.90. The van der Waals surface area contributed by atoms with Crippen molar-refractivity contribution in [3.05, 3.63) is 72.1 Å². The molecule has 0 radical (unpaired) electrons. The van der Waals surface area contributed by atoms with Crippen LogP contribution in [-0.2, 0) is 4.79 Å². The van der Waals surface area contributed by atoms with E-state index in [0.717, 1.165) is 10.9 Å². The number of carbonyl (C=O) groups excluding carboxylic acids is 1. The second-order valence-electron chi connectivity index (χ2n) is 3.30. The molecule has 0 aliphatic rings. The van der Waals surface area contributed by atoms with Gasteiger partial charge in [0, 0.05) is 24.0 Å². The molecule has 0 unspecified atom stereocenters. The maximum atomic E-state index is 10.7. The molecule has 0 saturated heterocycles. The van der Waals surface area contributed by atoms with Gasteiger partial charge < -0.3 is 9.97 Å². The Hall–Kier alpha value is -2.91. The van der Waals surface area contributed by atoms with Crippen LogP contribution in [0.15, 0.2) is 66.4 Å². The van der Waals surface area contributed by atoms with Crippen molar-refractivity contribution in [3.8, 4) is 0 Å². The molecule has 0 atom stereocenters. The third kappa shape index (κ3) is 5.30. The molecule has 0 bridgehead atoms. The van der Waals surface area contributed by atoms with Gasteiger partial charge in [0.25, 0.3) is 0 Å². The molecule has 96 valence electrons. The van der Waals surface area contributed by atoms with Crippen LogP contribution in [0, 0.1) is 0 Å². The average Bonchev–Trinajstić information content (AvgIpc) is 2.98. The minimum Gasteiger partial charge on any atom is -0.368 e. The summed E-state index contributed by atoms with van der Waals surface area (Å²) in [6, 6.07) is 11.4. The van der Waals surface area contributed by atoms with Crippen LogP contribution < -0.4 is 5.69 Å². The highest BCUT2D eigenvalue weighted by Crippen LogP contribution is 2.05. The second-order valence-corrected chi connectivity index (χ2v) is 3.30. The summed E-state index contributed by atoms with van der Waals surface area (Å²) in [4.78, 5) is 28.4. The zero-order chi connectivity index (χ0) is 13.9. The number of para-hydroxylation sites is 1. The normalized spacial score (nSPS) is 8.42. The molecular weight excluding hydrogens is 242 g/mol. The molecule has 1 aromatic carbocycles. The van der Waals surface area contributed by atoms with E-state index in [1.54, 1.807) is 6.20 Å². The summed E-state index contributed by atoms with van der Waals surface area (Å²) in [6.07, 6.45) is 5.31. The lowest BCUT2D eigenvalue weighted by Crippen LogP contribution is -2.07. The Balaban J connectivity index is 0.000000188. The Morgan fingerprint density at radius 3 is 2.32 bits per heavy atom. The highest BCUT2D eigenvalue weighted by atomic mass is 16.1. The molecule has 0 fully saturated rings. The number of aromatic amines is 2. The monoisotopic (exact) mass is 255 g/mol. The molecule has 0 spiro atoms. The lowest BCUT2D eigenvalue weighted by Gasteiger charge is -1.92. The molecule has 2 aromatic heterocycles. The lowest BCUT2D eigenvalue weighted by molar-refractivity contribution is 0.569. The third-order valence-corrected chi connectivity index (χ3v) is 2.02. The first kappa shape index (κ1) is 14.2. The Morgan fingerprint density at radius 2 is 1.74 bits per heavy atom. The van der Waals surface area contributed by atoms with Gasteiger partial charge in [0.2, 0.25) is 0 Å². The van der Waals surface area contributed by atoms with Crippen LogP contribution in [0.4, 0.5) is 0 Å². The lowest BCUT2D eigenvalue weighted by atomic mass is 10.2. The van der Waals surface area contributed by atoms with Crippen molar-refractivity contribution in [2.24, 2.45) is 0 Å². The number of hydrogen-bond donors (Lipinski definition) is 2. The summed E-state index contributed by atoms with van der Waals surface area (Å²) < 4.78 is 0. The highest BCUT2D eigenvalue weighted by molar-refractivity contribution is 5.76. The van der Waals surface area contributed by atoms with Gasteiger partial charge >= 0.3 is 5.69 Å². The van der Waals surface area contributed by atoms with Crippen molar-refractivity contribution < 1.29 is 4.79 Å². The van der Waals surface area contributed by atoms with Crippen LogP contribution in [0.25, 0.3) is 10.9 Å². The van der Waals surface area contributed by atoms with E-state index in [2.05, 4.69) is 21.5 Å². The van der Waals surface area contributed by atoms with Gasteiger partial charge in [0.1, 0.15) is 5.94 Å². The van der Waals surface area contributed by atoms with Gasteiger partial charge in [-0.2, -0.15) is 0 Å². The quantitative estimate of drug-likeness (QED) is 0.602. The molecule has 19 heavy (non-hydrogen) atoms. The van der Waals surface area contributed by atoms with Crippen molar-refractivity contribution in [2.75, 3.05) is 0 Å². The summed E-state index contributed by atoms with van der Waals surface area (Å²) in [5, 5.41) is 0.951. The average molecular weight is 255 g/mol. The van der Waals surface area contributed by atoms with E-state index in [9.17, 15) is 4.79 Å². The van der Waals surface area contributed by atoms with E-state index < -0.39 is 0 Å². The summed E-state index contributed by atoms with van der Waals surface area (Å²) in [6.45, 7) is 2.68. The first-order valence-electron chi connectivity index (χ1n) is 5.44. The maximum absolute atomic E-state index is 10.7. The fourth-order valence-electron chi connectivity index (χ4n) is 1.28. The number of aromatic nitrogens is 3. The minimum absolute atomic E-state index is 0.302. The molecule has 2 N–H and O–H groups in total. The Morgan fingerprint density at radius 1 is 1.11 bits per heavy atom. The van der Waals surface area contributed by atoms with Crippen molar-refractivity contribution in [1.29, 1.82) is 0 Å². The summed E-state index contributed by atoms with van der Waals surface area (Å²) >= 11 is 0. The number of H-pyrrole nitrogens is 2. The van der Waals surface area contributed by atoms with Crippen LogP contribution in [0.1, 0.15) is 0 Å². The number of nitrogens with one attached hydrogen (secondary N) is 2. The van der Waals surface area contributed by atoms with Gasteiger partial charge in [-0.3, -0.25) is 0 Å². The van der Waals surface area contributed by atoms with Gasteiger partial charge in [-0.05, 0) is 24.8 Å². The van der Waals surface area contributed by atoms with Crippen LogP contribution in [0.3, 0.4) is 0 Å². The molecule has 2 heterocycles. The summed E-state index contributed by atoms with van der Waals surface area (Å²) in [5.74, 6) is 1.25. The SMILES string of the molecule is C=C=O.O=c1ncc2ccccc2[nH]1.c1cc[nH]c1.